The Kier molecular flexibility index (Phi) is 4.93. The molecule has 1 aliphatic heterocycles. The van der Waals surface area contributed by atoms with Crippen LogP contribution in [0.4, 0.5) is 5.69 Å². The first-order chi connectivity index (χ1) is 12.0. The van der Waals surface area contributed by atoms with Gasteiger partial charge in [-0.15, -0.1) is 0 Å². The van der Waals surface area contributed by atoms with Gasteiger partial charge in [-0.2, -0.15) is 0 Å². The van der Waals surface area contributed by atoms with Gasteiger partial charge in [-0.1, -0.05) is 50.3 Å². The van der Waals surface area contributed by atoms with Crippen LogP contribution >= 0.6 is 0 Å². The fourth-order valence-corrected chi connectivity index (χ4v) is 3.58. The summed E-state index contributed by atoms with van der Waals surface area (Å²) in [6, 6.07) is 18.1. The molecular weight excluding hydrogens is 310 g/mol. The van der Waals surface area contributed by atoms with E-state index in [2.05, 4.69) is 39.0 Å². The van der Waals surface area contributed by atoms with Crippen molar-refractivity contribution in [3.63, 3.8) is 0 Å². The molecule has 0 bridgehead atoms. The Bertz CT molecular complexity index is 762. The Labute approximate surface area is 149 Å². The Morgan fingerprint density at radius 3 is 2.28 bits per heavy atom. The number of amides is 1. The minimum atomic E-state index is 0.0297. The zero-order chi connectivity index (χ0) is 18.0. The third kappa shape index (κ3) is 3.32. The maximum absolute atomic E-state index is 12.8. The molecule has 1 amide bonds. The first kappa shape index (κ1) is 17.3. The number of carbonyl (C=O) groups excluding carboxylic acids is 1. The van der Waals surface area contributed by atoms with E-state index in [9.17, 15) is 4.79 Å². The number of benzene rings is 2. The van der Waals surface area contributed by atoms with Gasteiger partial charge in [-0.25, -0.2) is 0 Å². The van der Waals surface area contributed by atoms with Gasteiger partial charge >= 0.3 is 0 Å². The van der Waals surface area contributed by atoms with Crippen LogP contribution in [-0.4, -0.2) is 19.1 Å². The number of rotatable bonds is 5. The smallest absolute Gasteiger partial charge is 0.233 e. The SMILES string of the molecule is COc1ccc(N2C(=O)[C@H](C(C)C)[C@H]2/C(C)=C/c2ccccc2)cc1. The van der Waals surface area contributed by atoms with Crippen LogP contribution in [0.2, 0.25) is 0 Å². The van der Waals surface area contributed by atoms with Gasteiger partial charge in [-0.05, 0) is 48.2 Å². The first-order valence-electron chi connectivity index (χ1n) is 8.73. The summed E-state index contributed by atoms with van der Waals surface area (Å²) in [5, 5.41) is 0. The van der Waals surface area contributed by atoms with E-state index in [4.69, 9.17) is 4.74 Å². The molecule has 0 unspecified atom stereocenters. The average molecular weight is 335 g/mol. The van der Waals surface area contributed by atoms with E-state index >= 15 is 0 Å². The molecule has 1 saturated heterocycles. The fraction of sp³-hybridized carbons (Fsp3) is 0.318. The van der Waals surface area contributed by atoms with Gasteiger partial charge in [-0.3, -0.25) is 4.79 Å². The Morgan fingerprint density at radius 1 is 1.08 bits per heavy atom. The molecule has 1 fully saturated rings. The molecule has 0 saturated carbocycles. The Hall–Kier alpha value is -2.55. The van der Waals surface area contributed by atoms with E-state index in [1.54, 1.807) is 7.11 Å². The first-order valence-corrected chi connectivity index (χ1v) is 8.73. The average Bonchev–Trinajstić information content (AvgIpc) is 2.60. The molecule has 0 radical (unpaired) electrons. The highest BCUT2D eigenvalue weighted by Crippen LogP contribution is 2.41. The van der Waals surface area contributed by atoms with Crippen molar-refractivity contribution in [2.75, 3.05) is 12.0 Å². The van der Waals surface area contributed by atoms with Crippen LogP contribution in [-0.2, 0) is 4.79 Å². The van der Waals surface area contributed by atoms with Crippen LogP contribution in [0, 0.1) is 11.8 Å². The van der Waals surface area contributed by atoms with Crippen LogP contribution in [0.1, 0.15) is 26.3 Å². The second-order valence-corrected chi connectivity index (χ2v) is 6.92. The molecule has 2 aromatic carbocycles. The molecule has 2 aromatic rings. The highest BCUT2D eigenvalue weighted by Gasteiger charge is 2.49. The number of hydrogen-bond donors (Lipinski definition) is 0. The van der Waals surface area contributed by atoms with Gasteiger partial charge in [0.15, 0.2) is 0 Å². The maximum atomic E-state index is 12.8. The summed E-state index contributed by atoms with van der Waals surface area (Å²) in [7, 11) is 1.65. The standard InChI is InChI=1S/C22H25NO2/c1-15(2)20-21(16(3)14-17-8-6-5-7-9-17)23(22(20)24)18-10-12-19(25-4)13-11-18/h5-15,20-21H,1-4H3/b16-14+/t20-,21-/m1/s1. The van der Waals surface area contributed by atoms with Crippen LogP contribution in [0.3, 0.4) is 0 Å². The second kappa shape index (κ2) is 7.14. The molecular formula is C22H25NO2. The van der Waals surface area contributed by atoms with Crippen molar-refractivity contribution in [2.45, 2.75) is 26.8 Å². The lowest BCUT2D eigenvalue weighted by molar-refractivity contribution is -0.131. The Balaban J connectivity index is 1.93. The largest absolute Gasteiger partial charge is 0.497 e. The minimum Gasteiger partial charge on any atom is -0.497 e. The van der Waals surface area contributed by atoms with E-state index in [0.29, 0.717) is 5.92 Å². The summed E-state index contributed by atoms with van der Waals surface area (Å²) >= 11 is 0. The summed E-state index contributed by atoms with van der Waals surface area (Å²) in [5.41, 5.74) is 3.30. The maximum Gasteiger partial charge on any atom is 0.233 e. The van der Waals surface area contributed by atoms with Crippen molar-refractivity contribution in [1.29, 1.82) is 0 Å². The molecule has 3 rings (SSSR count). The topological polar surface area (TPSA) is 29.5 Å². The van der Waals surface area contributed by atoms with E-state index < -0.39 is 0 Å². The molecule has 3 nitrogen and oxygen atoms in total. The minimum absolute atomic E-state index is 0.0297. The molecule has 2 atom stereocenters. The third-order valence-corrected chi connectivity index (χ3v) is 4.87. The van der Waals surface area contributed by atoms with Crippen molar-refractivity contribution in [2.24, 2.45) is 11.8 Å². The highest BCUT2D eigenvalue weighted by atomic mass is 16.5. The van der Waals surface area contributed by atoms with Crippen LogP contribution in [0.15, 0.2) is 60.2 Å². The monoisotopic (exact) mass is 335 g/mol. The summed E-state index contributed by atoms with van der Waals surface area (Å²) in [6.07, 6.45) is 2.18. The molecule has 0 aliphatic carbocycles. The van der Waals surface area contributed by atoms with Crippen LogP contribution < -0.4 is 9.64 Å². The third-order valence-electron chi connectivity index (χ3n) is 4.87. The summed E-state index contributed by atoms with van der Waals surface area (Å²) in [4.78, 5) is 14.7. The van der Waals surface area contributed by atoms with Gasteiger partial charge < -0.3 is 9.64 Å². The van der Waals surface area contributed by atoms with Gasteiger partial charge in [0.05, 0.1) is 19.1 Å². The molecule has 0 spiro atoms. The van der Waals surface area contributed by atoms with E-state index in [1.807, 2.05) is 47.4 Å². The van der Waals surface area contributed by atoms with Crippen LogP contribution in [0.25, 0.3) is 6.08 Å². The Morgan fingerprint density at radius 2 is 1.72 bits per heavy atom. The zero-order valence-electron chi connectivity index (χ0n) is 15.3. The molecule has 0 N–H and O–H groups in total. The number of anilines is 1. The van der Waals surface area contributed by atoms with Crippen molar-refractivity contribution in [3.8, 4) is 5.75 Å². The predicted molar refractivity (Wildman–Crippen MR) is 103 cm³/mol. The van der Waals surface area contributed by atoms with Gasteiger partial charge in [0.2, 0.25) is 5.91 Å². The number of hydrogen-bond acceptors (Lipinski definition) is 2. The second-order valence-electron chi connectivity index (χ2n) is 6.92. The summed E-state index contributed by atoms with van der Waals surface area (Å²) < 4.78 is 5.23. The number of nitrogens with zero attached hydrogens (tertiary/aromatic N) is 1. The highest BCUT2D eigenvalue weighted by molar-refractivity contribution is 6.04. The quantitative estimate of drug-likeness (QED) is 0.736. The van der Waals surface area contributed by atoms with Crippen molar-refractivity contribution < 1.29 is 9.53 Å². The normalized spacial score (nSPS) is 20.6. The lowest BCUT2D eigenvalue weighted by atomic mass is 9.75. The lowest BCUT2D eigenvalue weighted by Crippen LogP contribution is -2.63. The molecule has 3 heteroatoms. The lowest BCUT2D eigenvalue weighted by Gasteiger charge is -2.49. The molecule has 130 valence electrons. The van der Waals surface area contributed by atoms with Gasteiger partial charge in [0.25, 0.3) is 0 Å². The van der Waals surface area contributed by atoms with E-state index in [-0.39, 0.29) is 17.9 Å². The van der Waals surface area contributed by atoms with Crippen molar-refractivity contribution >= 4 is 17.7 Å². The zero-order valence-corrected chi connectivity index (χ0v) is 15.3. The van der Waals surface area contributed by atoms with Crippen molar-refractivity contribution in [3.05, 3.63) is 65.7 Å². The van der Waals surface area contributed by atoms with E-state index in [0.717, 1.165) is 17.0 Å². The number of methoxy groups -OCH3 is 1. The number of carbonyl (C=O) groups is 1. The van der Waals surface area contributed by atoms with Crippen molar-refractivity contribution in [1.82, 2.24) is 0 Å². The van der Waals surface area contributed by atoms with Gasteiger partial charge in [0, 0.05) is 5.69 Å². The number of ether oxygens (including phenoxy) is 1. The summed E-state index contributed by atoms with van der Waals surface area (Å²) in [5.74, 6) is 1.34. The van der Waals surface area contributed by atoms with Crippen LogP contribution in [0.5, 0.6) is 5.75 Å². The summed E-state index contributed by atoms with van der Waals surface area (Å²) in [6.45, 7) is 6.36. The molecule has 1 aliphatic rings. The van der Waals surface area contributed by atoms with Gasteiger partial charge in [0.1, 0.15) is 5.75 Å². The van der Waals surface area contributed by atoms with E-state index in [1.165, 1.54) is 5.57 Å². The molecule has 1 heterocycles. The molecule has 0 aromatic heterocycles. The molecule has 25 heavy (non-hydrogen) atoms. The predicted octanol–water partition coefficient (Wildman–Crippen LogP) is 4.79. The number of β-lactam (4-membered cyclic amide) rings is 1. The fourth-order valence-electron chi connectivity index (χ4n) is 3.58.